The molecule has 0 atom stereocenters. The van der Waals surface area contributed by atoms with Crippen LogP contribution >= 0.6 is 22.9 Å². The first-order chi connectivity index (χ1) is 15.4. The van der Waals surface area contributed by atoms with Gasteiger partial charge >= 0.3 is 18.0 Å². The van der Waals surface area contributed by atoms with Crippen molar-refractivity contribution in [1.82, 2.24) is 10.4 Å². The summed E-state index contributed by atoms with van der Waals surface area (Å²) in [6.07, 6.45) is 0. The molecular formula is C21H20ClN5O4S. The number of amides is 4. The summed E-state index contributed by atoms with van der Waals surface area (Å²) >= 11 is 6.87. The molecule has 0 aliphatic carbocycles. The predicted molar refractivity (Wildman–Crippen MR) is 124 cm³/mol. The van der Waals surface area contributed by atoms with Crippen LogP contribution in [0.15, 0.2) is 53.9 Å². The Morgan fingerprint density at radius 3 is 2.31 bits per heavy atom. The van der Waals surface area contributed by atoms with Gasteiger partial charge in [-0.25, -0.2) is 24.8 Å². The number of hydrogen-bond donors (Lipinski definition) is 3. The van der Waals surface area contributed by atoms with Crippen molar-refractivity contribution in [3.05, 3.63) is 70.2 Å². The van der Waals surface area contributed by atoms with Crippen molar-refractivity contribution in [3.63, 3.8) is 0 Å². The van der Waals surface area contributed by atoms with Gasteiger partial charge in [-0.05, 0) is 50.2 Å². The van der Waals surface area contributed by atoms with Crippen LogP contribution in [0.25, 0.3) is 0 Å². The van der Waals surface area contributed by atoms with Gasteiger partial charge in [0.05, 0.1) is 6.61 Å². The topological polar surface area (TPSA) is 113 Å². The molecule has 9 nitrogen and oxygen atoms in total. The molecule has 0 saturated carbocycles. The number of benzene rings is 2. The molecule has 32 heavy (non-hydrogen) atoms. The highest BCUT2D eigenvalue weighted by Crippen LogP contribution is 2.22. The summed E-state index contributed by atoms with van der Waals surface area (Å²) in [5.74, 6) is -0.628. The third-order valence-corrected chi connectivity index (χ3v) is 5.07. The van der Waals surface area contributed by atoms with Gasteiger partial charge in [0.1, 0.15) is 0 Å². The van der Waals surface area contributed by atoms with E-state index in [2.05, 4.69) is 21.0 Å². The molecule has 0 spiro atoms. The van der Waals surface area contributed by atoms with E-state index in [9.17, 15) is 14.4 Å². The quantitative estimate of drug-likeness (QED) is 0.354. The fourth-order valence-corrected chi connectivity index (χ4v) is 3.34. The lowest BCUT2D eigenvalue weighted by molar-refractivity contribution is 0.0520. The summed E-state index contributed by atoms with van der Waals surface area (Å²) in [6, 6.07) is 12.2. The molecule has 3 aromatic rings. The summed E-state index contributed by atoms with van der Waals surface area (Å²) in [4.78, 5) is 41.6. The van der Waals surface area contributed by atoms with Crippen LogP contribution in [0, 0.1) is 6.92 Å². The first kappa shape index (κ1) is 23.0. The number of hydrogen-bond acceptors (Lipinski definition) is 6. The van der Waals surface area contributed by atoms with Crippen LogP contribution in [0.5, 0.6) is 0 Å². The molecule has 1 heterocycles. The Balaban J connectivity index is 1.80. The number of nitrogens with zero attached hydrogens (tertiary/aromatic N) is 2. The zero-order valence-electron chi connectivity index (χ0n) is 17.2. The number of nitrogens with one attached hydrogen (secondary N) is 3. The fourth-order valence-electron chi connectivity index (χ4n) is 2.46. The summed E-state index contributed by atoms with van der Waals surface area (Å²) in [5, 5.41) is 8.21. The smallest absolute Gasteiger partial charge is 0.357 e. The highest BCUT2D eigenvalue weighted by Gasteiger charge is 2.24. The van der Waals surface area contributed by atoms with Gasteiger partial charge in [-0.3, -0.25) is 0 Å². The normalized spacial score (nSPS) is 10.2. The van der Waals surface area contributed by atoms with Gasteiger partial charge in [0.25, 0.3) is 0 Å². The molecule has 4 amide bonds. The number of carbonyl (C=O) groups excluding carboxylic acids is 3. The second kappa shape index (κ2) is 10.6. The van der Waals surface area contributed by atoms with Gasteiger partial charge < -0.3 is 15.4 Å². The molecule has 166 valence electrons. The van der Waals surface area contributed by atoms with Gasteiger partial charge in [0, 0.05) is 21.8 Å². The predicted octanol–water partition coefficient (Wildman–Crippen LogP) is 5.06. The fraction of sp³-hybridized carbons (Fsp3) is 0.143. The summed E-state index contributed by atoms with van der Waals surface area (Å²) < 4.78 is 4.93. The van der Waals surface area contributed by atoms with E-state index in [1.54, 1.807) is 43.3 Å². The molecule has 0 radical (unpaired) electrons. The van der Waals surface area contributed by atoms with Gasteiger partial charge in [0.15, 0.2) is 5.69 Å². The summed E-state index contributed by atoms with van der Waals surface area (Å²) in [6.45, 7) is 3.79. The lowest BCUT2D eigenvalue weighted by Crippen LogP contribution is -2.50. The standard InChI is InChI=1S/C21H20ClN5O4S/c1-3-31-18(28)17-12-32-21(25-17)27(20(30)24-16-10-6-14(22)7-11-16)26-19(29)23-15-8-4-13(2)5-9-15/h4-12H,3H2,1-2H3,(H,24,30)(H2,23,26,29). The molecule has 0 saturated heterocycles. The van der Waals surface area contributed by atoms with E-state index in [0.717, 1.165) is 21.9 Å². The Morgan fingerprint density at radius 2 is 1.66 bits per heavy atom. The zero-order chi connectivity index (χ0) is 23.1. The van der Waals surface area contributed by atoms with Crippen LogP contribution in [0.3, 0.4) is 0 Å². The van der Waals surface area contributed by atoms with Crippen molar-refractivity contribution in [2.45, 2.75) is 13.8 Å². The molecule has 0 unspecified atom stereocenters. The molecule has 11 heteroatoms. The minimum atomic E-state index is -0.698. The van der Waals surface area contributed by atoms with Crippen molar-refractivity contribution < 1.29 is 19.1 Å². The van der Waals surface area contributed by atoms with E-state index in [1.807, 2.05) is 19.1 Å². The van der Waals surface area contributed by atoms with E-state index in [1.165, 1.54) is 5.38 Å². The van der Waals surface area contributed by atoms with Crippen molar-refractivity contribution >= 4 is 57.5 Å². The van der Waals surface area contributed by atoms with Gasteiger partial charge in [-0.15, -0.1) is 11.3 Å². The molecule has 0 fully saturated rings. The third-order valence-electron chi connectivity index (χ3n) is 3.99. The number of rotatable bonds is 5. The number of carbonyl (C=O) groups is 3. The number of esters is 1. The zero-order valence-corrected chi connectivity index (χ0v) is 18.8. The third kappa shape index (κ3) is 6.19. The first-order valence-corrected chi connectivity index (χ1v) is 10.7. The molecular weight excluding hydrogens is 454 g/mol. The van der Waals surface area contributed by atoms with Crippen LogP contribution in [-0.4, -0.2) is 29.6 Å². The number of halogens is 1. The van der Waals surface area contributed by atoms with Gasteiger partial charge in [0.2, 0.25) is 5.13 Å². The van der Waals surface area contributed by atoms with E-state index in [4.69, 9.17) is 16.3 Å². The number of anilines is 3. The van der Waals surface area contributed by atoms with Gasteiger partial charge in [-0.2, -0.15) is 5.01 Å². The minimum Gasteiger partial charge on any atom is -0.461 e. The van der Waals surface area contributed by atoms with E-state index in [-0.39, 0.29) is 17.4 Å². The van der Waals surface area contributed by atoms with Crippen LogP contribution in [0.2, 0.25) is 5.02 Å². The summed E-state index contributed by atoms with van der Waals surface area (Å²) in [5.41, 5.74) is 4.50. The highest BCUT2D eigenvalue weighted by molar-refractivity contribution is 7.14. The second-order valence-corrected chi connectivity index (χ2v) is 7.71. The van der Waals surface area contributed by atoms with Crippen molar-refractivity contribution in [2.75, 3.05) is 22.2 Å². The number of aromatic nitrogens is 1. The monoisotopic (exact) mass is 473 g/mol. The highest BCUT2D eigenvalue weighted by atomic mass is 35.5. The van der Waals surface area contributed by atoms with E-state index < -0.39 is 18.0 Å². The van der Waals surface area contributed by atoms with E-state index >= 15 is 0 Å². The van der Waals surface area contributed by atoms with Crippen LogP contribution in [0.4, 0.5) is 26.1 Å². The lowest BCUT2D eigenvalue weighted by Gasteiger charge is -2.21. The molecule has 0 bridgehead atoms. The number of aryl methyl sites for hydroxylation is 1. The largest absolute Gasteiger partial charge is 0.461 e. The van der Waals surface area contributed by atoms with Gasteiger partial charge in [-0.1, -0.05) is 29.3 Å². The maximum atomic E-state index is 12.9. The van der Waals surface area contributed by atoms with E-state index in [0.29, 0.717) is 16.4 Å². The maximum absolute atomic E-state index is 12.9. The van der Waals surface area contributed by atoms with Crippen LogP contribution in [0.1, 0.15) is 23.0 Å². The number of hydrazine groups is 1. The molecule has 3 N–H and O–H groups in total. The Hall–Kier alpha value is -3.63. The average Bonchev–Trinajstić information content (AvgIpc) is 3.25. The van der Waals surface area contributed by atoms with Crippen LogP contribution < -0.4 is 21.1 Å². The SMILES string of the molecule is CCOC(=O)c1csc(N(NC(=O)Nc2ccc(C)cc2)C(=O)Nc2ccc(Cl)cc2)n1. The Bertz CT molecular complexity index is 1100. The number of ether oxygens (including phenoxy) is 1. The molecule has 1 aromatic heterocycles. The van der Waals surface area contributed by atoms with Crippen LogP contribution in [-0.2, 0) is 4.74 Å². The minimum absolute atomic E-state index is 0.0249. The Morgan fingerprint density at radius 1 is 1.03 bits per heavy atom. The van der Waals surface area contributed by atoms with Crippen molar-refractivity contribution in [2.24, 2.45) is 0 Å². The molecule has 2 aromatic carbocycles. The molecule has 0 aliphatic heterocycles. The molecule has 3 rings (SSSR count). The number of urea groups is 2. The number of thiazole rings is 1. The van der Waals surface area contributed by atoms with Crippen molar-refractivity contribution in [3.8, 4) is 0 Å². The molecule has 0 aliphatic rings. The lowest BCUT2D eigenvalue weighted by atomic mass is 10.2. The second-order valence-electron chi connectivity index (χ2n) is 6.44. The maximum Gasteiger partial charge on any atom is 0.357 e. The Labute approximate surface area is 193 Å². The summed E-state index contributed by atoms with van der Waals surface area (Å²) in [7, 11) is 0. The Kier molecular flexibility index (Phi) is 7.63. The van der Waals surface area contributed by atoms with Crippen molar-refractivity contribution in [1.29, 1.82) is 0 Å². The average molecular weight is 474 g/mol. The first-order valence-electron chi connectivity index (χ1n) is 9.49.